The van der Waals surface area contributed by atoms with Crippen LogP contribution in [-0.2, 0) is 16.1 Å². The monoisotopic (exact) mass is 746 g/mol. The molecule has 0 fully saturated rings. The van der Waals surface area contributed by atoms with Crippen molar-refractivity contribution in [2.45, 2.75) is 58.8 Å². The fourth-order valence-electron chi connectivity index (χ4n) is 2.17. The number of nitrogens with zero attached hydrogens (tertiary/aromatic N) is 4. The van der Waals surface area contributed by atoms with E-state index in [0.717, 1.165) is 24.9 Å². The minimum absolute atomic E-state index is 0. The fraction of sp³-hybridized carbons (Fsp3) is 0.458. The number of pyridine rings is 2. The van der Waals surface area contributed by atoms with Gasteiger partial charge in [0.05, 0.1) is 8.52 Å². The molecule has 2 heterocycles. The number of rotatable bonds is 8. The van der Waals surface area contributed by atoms with E-state index < -0.39 is 13.0 Å². The van der Waals surface area contributed by atoms with E-state index in [0.29, 0.717) is 5.69 Å². The number of carbonyl (C=O) groups is 1. The molecule has 2 aromatic heterocycles. The third-order valence-corrected chi connectivity index (χ3v) is 3.76. The first kappa shape index (κ1) is 43.7. The largest absolute Gasteiger partial charge is 1.00 e. The molecule has 0 aromatic carbocycles. The van der Waals surface area contributed by atoms with Gasteiger partial charge in [-0.25, -0.2) is 14.4 Å². The normalized spacial score (nSPS) is 8.17. The average Bonchev–Trinajstić information content (AvgIpc) is 2.89. The molecule has 12 heteroatoms. The molecule has 36 heavy (non-hydrogen) atoms. The number of aromatic nitrogens is 2. The van der Waals surface area contributed by atoms with Crippen LogP contribution >= 0.6 is 0 Å². The molecule has 0 radical (unpaired) electrons. The Balaban J connectivity index is -0.0000000906. The first-order valence-corrected chi connectivity index (χ1v) is 10.6. The van der Waals surface area contributed by atoms with Gasteiger partial charge in [-0.3, -0.25) is 9.18 Å². The molecule has 2 N–H and O–H groups in total. The summed E-state index contributed by atoms with van der Waals surface area (Å²) in [5.41, 5.74) is 6.72. The number of hydrogen-bond acceptors (Lipinski definition) is 8. The molecule has 0 amide bonds. The topological polar surface area (TPSA) is 149 Å². The fourth-order valence-corrected chi connectivity index (χ4v) is 2.17. The van der Waals surface area contributed by atoms with E-state index in [2.05, 4.69) is 34.8 Å². The predicted octanol–water partition coefficient (Wildman–Crippen LogP) is -1.95. The Morgan fingerprint density at radius 2 is 1.56 bits per heavy atom. The molecular weight excluding hydrogens is 710 g/mol. The van der Waals surface area contributed by atoms with Gasteiger partial charge in [0.2, 0.25) is 0 Å². The maximum absolute atomic E-state index is 12.3. The number of halogens is 2. The number of carbonyl (C=O) groups excluding carboxylic acids is 1. The van der Waals surface area contributed by atoms with Crippen LogP contribution in [0.5, 0.6) is 0 Å². The Morgan fingerprint density at radius 3 is 1.92 bits per heavy atom. The number of unbranched alkanes of at least 4 members (excludes halogenated alkanes) is 4. The first-order chi connectivity index (χ1) is 17.0. The number of alkyl halides is 1. The summed E-state index contributed by atoms with van der Waals surface area (Å²) in [5, 5.41) is 25.4. The van der Waals surface area contributed by atoms with Crippen LogP contribution in [0.3, 0.4) is 0 Å². The molecule has 0 aliphatic heterocycles. The van der Waals surface area contributed by atoms with E-state index in [1.807, 2.05) is 12.1 Å². The van der Waals surface area contributed by atoms with E-state index in [1.165, 1.54) is 50.4 Å². The third-order valence-electron chi connectivity index (χ3n) is 3.76. The summed E-state index contributed by atoms with van der Waals surface area (Å²) in [4.78, 5) is 18.7. The maximum Gasteiger partial charge on any atom is 1.00 e. The van der Waals surface area contributed by atoms with E-state index in [1.54, 1.807) is 12.3 Å². The molecule has 0 saturated heterocycles. The SMILES string of the molecule is CCCCCN.CCCCCc1cccnc1C#N.N#Cc1ncccc1F.O=CO[O-].[2H]CF.[Cs+].[Cs+].[H-]. The Bertz CT molecular complexity index is 845. The van der Waals surface area contributed by atoms with Gasteiger partial charge in [0, 0.05) is 12.4 Å². The minimum Gasteiger partial charge on any atom is -1.00 e. The first-order valence-electron chi connectivity index (χ1n) is 11.3. The van der Waals surface area contributed by atoms with E-state index in [9.17, 15) is 8.78 Å². The Hall–Kier alpha value is 0.634. The second-order valence-corrected chi connectivity index (χ2v) is 6.21. The standard InChI is InChI=1S/C11H14N2.C6H3FN2.C5H13N.CH3F.CH2O3.2Cs.H/c1-2-3-4-6-10-7-5-8-13-11(10)9-12;7-5-2-1-3-9-6(5)4-8;1-2-3-4-5-6;1-2;2-1-4-3;;;/h5,7-8H,2-4,6H2,1H3;1-3H;2-6H2,1H3;1H3;1,3H;;;/q;;;;;2*+1;-1/p-1/i;;;1D;;;;. The molecule has 2 rings (SSSR count). The Kier molecular flexibility index (Phi) is 48.7. The van der Waals surface area contributed by atoms with Gasteiger partial charge in [0.25, 0.3) is 6.47 Å². The summed E-state index contributed by atoms with van der Waals surface area (Å²) in [5.74, 6) is -0.569. The second kappa shape index (κ2) is 40.1. The third kappa shape index (κ3) is 30.9. The van der Waals surface area contributed by atoms with Gasteiger partial charge in [0.15, 0.2) is 11.5 Å². The summed E-state index contributed by atoms with van der Waals surface area (Å²) in [6, 6.07) is 10.2. The van der Waals surface area contributed by atoms with Crippen molar-refractivity contribution in [3.63, 3.8) is 0 Å². The molecule has 0 unspecified atom stereocenters. The van der Waals surface area contributed by atoms with Crippen LogP contribution in [0.4, 0.5) is 8.78 Å². The molecule has 0 bridgehead atoms. The number of nitriles is 2. The van der Waals surface area contributed by atoms with Gasteiger partial charge in [-0.15, -0.1) is 0 Å². The van der Waals surface area contributed by atoms with E-state index in [-0.39, 0.29) is 151 Å². The van der Waals surface area contributed by atoms with Crippen LogP contribution in [0.15, 0.2) is 36.7 Å². The van der Waals surface area contributed by atoms with E-state index >= 15 is 0 Å². The Labute approximate surface area is 334 Å². The van der Waals surface area contributed by atoms with Crippen LogP contribution in [-0.4, -0.2) is 30.1 Å². The van der Waals surface area contributed by atoms with E-state index in [4.69, 9.17) is 27.7 Å². The quantitative estimate of drug-likeness (QED) is 0.142. The van der Waals surface area contributed by atoms with Crippen molar-refractivity contribution in [3.8, 4) is 12.1 Å². The zero-order chi connectivity index (χ0) is 27.2. The van der Waals surface area contributed by atoms with Crippen LogP contribution in [0.1, 0.15) is 72.1 Å². The summed E-state index contributed by atoms with van der Waals surface area (Å²) in [6.07, 6.45) is 11.4. The number of aryl methyl sites for hydroxylation is 1. The smallest absolute Gasteiger partial charge is 1.00 e. The van der Waals surface area contributed by atoms with Gasteiger partial charge in [-0.2, -0.15) is 10.5 Å². The van der Waals surface area contributed by atoms with Crippen LogP contribution in [0.25, 0.3) is 0 Å². The van der Waals surface area contributed by atoms with Crippen molar-refractivity contribution in [1.82, 2.24) is 9.97 Å². The van der Waals surface area contributed by atoms with Crippen molar-refractivity contribution < 1.29 is 164 Å². The molecule has 8 nitrogen and oxygen atoms in total. The van der Waals surface area contributed by atoms with Crippen molar-refractivity contribution in [3.05, 3.63) is 59.4 Å². The van der Waals surface area contributed by atoms with Crippen molar-refractivity contribution in [1.29, 1.82) is 10.5 Å². The van der Waals surface area contributed by atoms with Gasteiger partial charge < -0.3 is 17.3 Å². The molecule has 0 atom stereocenters. The van der Waals surface area contributed by atoms with Gasteiger partial charge in [-0.05, 0) is 49.6 Å². The predicted molar refractivity (Wildman–Crippen MR) is 125 cm³/mol. The molecule has 2 aromatic rings. The van der Waals surface area contributed by atoms with Gasteiger partial charge in [0.1, 0.15) is 17.8 Å². The van der Waals surface area contributed by atoms with Crippen LogP contribution < -0.4 is 149 Å². The maximum atomic E-state index is 12.3. The van der Waals surface area contributed by atoms with Gasteiger partial charge >= 0.3 is 138 Å². The summed E-state index contributed by atoms with van der Waals surface area (Å²) >= 11 is 0. The number of hydrogen-bond donors (Lipinski definition) is 1. The zero-order valence-corrected chi connectivity index (χ0v) is 34.3. The van der Waals surface area contributed by atoms with Crippen molar-refractivity contribution >= 4 is 6.47 Å². The Morgan fingerprint density at radius 1 is 1.08 bits per heavy atom. The summed E-state index contributed by atoms with van der Waals surface area (Å²) in [7, 11) is -1.00. The zero-order valence-electron chi connectivity index (χ0n) is 23.8. The second-order valence-electron chi connectivity index (χ2n) is 6.21. The van der Waals surface area contributed by atoms with Crippen LogP contribution in [0.2, 0.25) is 0 Å². The molecule has 0 saturated carbocycles. The number of nitrogens with two attached hydrogens (primary N) is 1. The van der Waals surface area contributed by atoms with Gasteiger partial charge in [-0.1, -0.05) is 45.6 Å². The molecule has 0 aliphatic rings. The minimum atomic E-state index is -1.00. The summed E-state index contributed by atoms with van der Waals surface area (Å²) in [6.45, 7) is 5.03. The summed E-state index contributed by atoms with van der Waals surface area (Å²) < 4.78 is 27.8. The molecular formula is C24H35Cs2F2N5O3. The van der Waals surface area contributed by atoms with Crippen molar-refractivity contribution in [2.24, 2.45) is 5.73 Å². The van der Waals surface area contributed by atoms with Crippen molar-refractivity contribution in [2.75, 3.05) is 13.7 Å². The molecule has 0 spiro atoms. The average molecular weight is 746 g/mol. The van der Waals surface area contributed by atoms with Crippen LogP contribution in [0, 0.1) is 28.5 Å². The molecule has 190 valence electrons. The molecule has 0 aliphatic carbocycles.